The Morgan fingerprint density at radius 1 is 1.25 bits per heavy atom. The van der Waals surface area contributed by atoms with Gasteiger partial charge in [-0.1, -0.05) is 11.6 Å². The Labute approximate surface area is 145 Å². The number of hydrogen-bond acceptors (Lipinski definition) is 5. The minimum absolute atomic E-state index is 0.110. The van der Waals surface area contributed by atoms with Crippen molar-refractivity contribution in [2.45, 2.75) is 33.3 Å². The molecule has 7 heteroatoms. The van der Waals surface area contributed by atoms with Crippen LogP contribution in [0.2, 0.25) is 5.02 Å². The van der Waals surface area contributed by atoms with Crippen molar-refractivity contribution in [3.63, 3.8) is 0 Å². The molecule has 0 unspecified atom stereocenters. The lowest BCUT2D eigenvalue weighted by Crippen LogP contribution is -2.29. The molecule has 0 N–H and O–H groups in total. The summed E-state index contributed by atoms with van der Waals surface area (Å²) in [5.74, 6) is -0.626. The first-order valence-electron chi connectivity index (χ1n) is 7.30. The first-order valence-corrected chi connectivity index (χ1v) is 7.68. The molecule has 0 spiro atoms. The average Bonchev–Trinajstić information content (AvgIpc) is 2.83. The molecule has 0 radical (unpaired) electrons. The molecule has 2 aromatic heterocycles. The zero-order valence-electron chi connectivity index (χ0n) is 14.2. The topological polar surface area (TPSA) is 70.4 Å². The maximum absolute atomic E-state index is 12.7. The summed E-state index contributed by atoms with van der Waals surface area (Å²) in [6.45, 7) is 6.96. The molecule has 0 bridgehead atoms. The summed E-state index contributed by atoms with van der Waals surface area (Å²) in [4.78, 5) is 29.0. The van der Waals surface area contributed by atoms with Crippen LogP contribution in [0.5, 0.6) is 0 Å². The third kappa shape index (κ3) is 3.76. The maximum atomic E-state index is 12.7. The van der Waals surface area contributed by atoms with E-state index in [0.717, 1.165) is 0 Å². The van der Waals surface area contributed by atoms with Gasteiger partial charge in [0.25, 0.3) is 0 Å². The molecule has 0 saturated heterocycles. The molecule has 2 aromatic rings. The second kappa shape index (κ2) is 6.65. The molecular weight excluding hydrogens is 332 g/mol. The van der Waals surface area contributed by atoms with E-state index in [2.05, 4.69) is 4.98 Å². The summed E-state index contributed by atoms with van der Waals surface area (Å²) in [5.41, 5.74) is 0.896. The number of halogens is 1. The minimum Gasteiger partial charge on any atom is -0.464 e. The second-order valence-electron chi connectivity index (χ2n) is 6.23. The standard InChI is InChI=1S/C17H19ClN2O4/c1-10-8-13(12-7-6-11(18)9-19-12)20(14(10)15(21)23-5)16(22)24-17(2,3)4/h6-9H,1-5H3. The first kappa shape index (κ1) is 18.0. The molecule has 128 valence electrons. The number of aryl methyl sites for hydroxylation is 1. The summed E-state index contributed by atoms with van der Waals surface area (Å²) in [6, 6.07) is 5.01. The highest BCUT2D eigenvalue weighted by Crippen LogP contribution is 2.27. The van der Waals surface area contributed by atoms with E-state index in [9.17, 15) is 9.59 Å². The van der Waals surface area contributed by atoms with Crippen LogP contribution >= 0.6 is 11.6 Å². The number of rotatable bonds is 2. The zero-order valence-corrected chi connectivity index (χ0v) is 15.0. The Bertz CT molecular complexity index is 773. The summed E-state index contributed by atoms with van der Waals surface area (Å²) >= 11 is 5.86. The van der Waals surface area contributed by atoms with Gasteiger partial charge in [0.15, 0.2) is 0 Å². The zero-order chi connectivity index (χ0) is 18.1. The van der Waals surface area contributed by atoms with Crippen LogP contribution in [0.25, 0.3) is 11.4 Å². The number of hydrogen-bond donors (Lipinski definition) is 0. The predicted octanol–water partition coefficient (Wildman–Crippen LogP) is 4.08. The van der Waals surface area contributed by atoms with Crippen molar-refractivity contribution < 1.29 is 19.1 Å². The molecule has 0 aliphatic heterocycles. The fourth-order valence-corrected chi connectivity index (χ4v) is 2.31. The van der Waals surface area contributed by atoms with Crippen LogP contribution < -0.4 is 0 Å². The molecule has 0 aliphatic carbocycles. The van der Waals surface area contributed by atoms with Gasteiger partial charge in [-0.05, 0) is 51.5 Å². The van der Waals surface area contributed by atoms with Crippen LogP contribution in [0.1, 0.15) is 36.8 Å². The lowest BCUT2D eigenvalue weighted by molar-refractivity contribution is 0.0485. The van der Waals surface area contributed by atoms with Gasteiger partial charge in [-0.25, -0.2) is 14.2 Å². The van der Waals surface area contributed by atoms with E-state index in [4.69, 9.17) is 21.1 Å². The molecule has 2 heterocycles. The van der Waals surface area contributed by atoms with Crippen molar-refractivity contribution in [1.82, 2.24) is 9.55 Å². The third-order valence-corrected chi connectivity index (χ3v) is 3.36. The molecule has 0 aliphatic rings. The van der Waals surface area contributed by atoms with E-state index >= 15 is 0 Å². The Hall–Kier alpha value is -2.34. The highest BCUT2D eigenvalue weighted by atomic mass is 35.5. The van der Waals surface area contributed by atoms with E-state index in [1.165, 1.54) is 17.9 Å². The Balaban J connectivity index is 2.65. The number of nitrogens with zero attached hydrogens (tertiary/aromatic N) is 2. The summed E-state index contributed by atoms with van der Waals surface area (Å²) in [5, 5.41) is 0.471. The normalized spacial score (nSPS) is 11.2. The van der Waals surface area contributed by atoms with Gasteiger partial charge in [0, 0.05) is 6.20 Å². The summed E-state index contributed by atoms with van der Waals surface area (Å²) < 4.78 is 11.4. The fourth-order valence-electron chi connectivity index (χ4n) is 2.20. The molecule has 24 heavy (non-hydrogen) atoms. The highest BCUT2D eigenvalue weighted by Gasteiger charge is 2.28. The third-order valence-electron chi connectivity index (χ3n) is 3.14. The lowest BCUT2D eigenvalue weighted by Gasteiger charge is -2.21. The Morgan fingerprint density at radius 2 is 1.92 bits per heavy atom. The number of ether oxygens (including phenoxy) is 2. The van der Waals surface area contributed by atoms with Gasteiger partial charge in [-0.3, -0.25) is 4.98 Å². The van der Waals surface area contributed by atoms with E-state index in [1.54, 1.807) is 45.9 Å². The number of carbonyl (C=O) groups excluding carboxylic acids is 2. The smallest absolute Gasteiger partial charge is 0.419 e. The maximum Gasteiger partial charge on any atom is 0.419 e. The van der Waals surface area contributed by atoms with Crippen molar-refractivity contribution >= 4 is 23.7 Å². The SMILES string of the molecule is COC(=O)c1c(C)cc(-c2ccc(Cl)cn2)n1C(=O)OC(C)(C)C. The molecule has 0 fully saturated rings. The van der Waals surface area contributed by atoms with Gasteiger partial charge < -0.3 is 9.47 Å². The molecule has 0 saturated carbocycles. The fraction of sp³-hybridized carbons (Fsp3) is 0.353. The molecule has 0 aromatic carbocycles. The van der Waals surface area contributed by atoms with E-state index < -0.39 is 17.7 Å². The van der Waals surface area contributed by atoms with Crippen LogP contribution in [0.15, 0.2) is 24.4 Å². The van der Waals surface area contributed by atoms with Crippen LogP contribution in [-0.2, 0) is 9.47 Å². The van der Waals surface area contributed by atoms with E-state index in [-0.39, 0.29) is 5.69 Å². The summed E-state index contributed by atoms with van der Waals surface area (Å²) in [6.07, 6.45) is 0.791. The van der Waals surface area contributed by atoms with Crippen molar-refractivity contribution in [2.24, 2.45) is 0 Å². The van der Waals surface area contributed by atoms with E-state index in [0.29, 0.717) is 22.0 Å². The quantitative estimate of drug-likeness (QED) is 0.763. The van der Waals surface area contributed by atoms with Crippen molar-refractivity contribution in [3.8, 4) is 11.4 Å². The highest BCUT2D eigenvalue weighted by molar-refractivity contribution is 6.30. The largest absolute Gasteiger partial charge is 0.464 e. The number of carbonyl (C=O) groups is 2. The number of pyridine rings is 1. The number of methoxy groups -OCH3 is 1. The average molecular weight is 351 g/mol. The monoisotopic (exact) mass is 350 g/mol. The van der Waals surface area contributed by atoms with Crippen molar-refractivity contribution in [2.75, 3.05) is 7.11 Å². The second-order valence-corrected chi connectivity index (χ2v) is 6.67. The number of aromatic nitrogens is 2. The Morgan fingerprint density at radius 3 is 2.42 bits per heavy atom. The molecule has 2 rings (SSSR count). The van der Waals surface area contributed by atoms with Crippen LogP contribution in [-0.4, -0.2) is 34.3 Å². The van der Waals surface area contributed by atoms with Crippen molar-refractivity contribution in [1.29, 1.82) is 0 Å². The first-order chi connectivity index (χ1) is 11.1. The molecular formula is C17H19ClN2O4. The van der Waals surface area contributed by atoms with Crippen LogP contribution in [0.3, 0.4) is 0 Å². The Kier molecular flexibility index (Phi) is 4.99. The predicted molar refractivity (Wildman–Crippen MR) is 90.4 cm³/mol. The lowest BCUT2D eigenvalue weighted by atomic mass is 10.2. The van der Waals surface area contributed by atoms with E-state index in [1.807, 2.05) is 0 Å². The van der Waals surface area contributed by atoms with Gasteiger partial charge in [0.1, 0.15) is 11.3 Å². The molecule has 6 nitrogen and oxygen atoms in total. The summed E-state index contributed by atoms with van der Waals surface area (Å²) in [7, 11) is 1.26. The minimum atomic E-state index is -0.715. The number of esters is 1. The molecule has 0 atom stereocenters. The van der Waals surface area contributed by atoms with Crippen LogP contribution in [0, 0.1) is 6.92 Å². The van der Waals surface area contributed by atoms with Gasteiger partial charge in [0.2, 0.25) is 0 Å². The van der Waals surface area contributed by atoms with Gasteiger partial charge in [-0.2, -0.15) is 0 Å². The van der Waals surface area contributed by atoms with Crippen LogP contribution in [0.4, 0.5) is 4.79 Å². The van der Waals surface area contributed by atoms with Crippen molar-refractivity contribution in [3.05, 3.63) is 40.7 Å². The molecule has 0 amide bonds. The van der Waals surface area contributed by atoms with Gasteiger partial charge in [0.05, 0.1) is 23.5 Å². The van der Waals surface area contributed by atoms with Gasteiger partial charge >= 0.3 is 12.1 Å². The van der Waals surface area contributed by atoms with Gasteiger partial charge in [-0.15, -0.1) is 0 Å².